The third-order valence-electron chi connectivity index (χ3n) is 0. The highest BCUT2D eigenvalue weighted by Crippen LogP contribution is 1.97. The van der Waals surface area contributed by atoms with Crippen LogP contribution >= 0.6 is 34.4 Å². The third-order valence-corrected chi connectivity index (χ3v) is 0. The van der Waals surface area contributed by atoms with Gasteiger partial charge in [0, 0.05) is 8.41 Å². The van der Waals surface area contributed by atoms with Crippen LogP contribution in [0.1, 0.15) is 0 Å². The molecular weight excluding hydrogens is 128 g/mol. The van der Waals surface area contributed by atoms with Crippen LogP contribution in [0.4, 0.5) is 0 Å². The van der Waals surface area contributed by atoms with E-state index in [-0.39, 0.29) is 8.41 Å². The molecule has 0 spiro atoms. The molecule has 3 radical (unpaired) electrons. The van der Waals surface area contributed by atoms with Crippen LogP contribution in [0.5, 0.6) is 0 Å². The van der Waals surface area contributed by atoms with Gasteiger partial charge in [-0.3, -0.25) is 0 Å². The highest BCUT2D eigenvalue weighted by Gasteiger charge is 1.91. The zero-order valence-electron chi connectivity index (χ0n) is 2.29. The Morgan fingerprint density at radius 2 is 1.00 bits per heavy atom. The second kappa shape index (κ2) is 5.00. The molecule has 0 bridgehead atoms. The van der Waals surface area contributed by atoms with Crippen LogP contribution in [0.2, 0.25) is 0 Å². The van der Waals surface area contributed by atoms with Gasteiger partial charge in [-0.15, -0.1) is 0 Å². The minimum absolute atomic E-state index is 0. The van der Waals surface area contributed by atoms with Crippen molar-refractivity contribution < 1.29 is 0 Å². The van der Waals surface area contributed by atoms with Gasteiger partial charge >= 0.3 is 4.96 Å². The molecule has 27 valence electrons. The quantitative estimate of drug-likeness (QED) is 0.431. The summed E-state index contributed by atoms with van der Waals surface area (Å²) in [5.41, 5.74) is 0. The van der Waals surface area contributed by atoms with Crippen LogP contribution in [0, 0.1) is 0 Å². The van der Waals surface area contributed by atoms with Crippen LogP contribution in [-0.2, 0) is 0 Å². The van der Waals surface area contributed by atoms with Crippen LogP contribution in [-0.4, -0.2) is 13.4 Å². The van der Waals surface area contributed by atoms with Gasteiger partial charge in [0.1, 0.15) is 0 Å². The molecule has 0 nitrogen and oxygen atoms in total. The highest BCUT2D eigenvalue weighted by molar-refractivity contribution is 7.54. The number of hydrogen-bond acceptors (Lipinski definition) is 0. The van der Waals surface area contributed by atoms with E-state index in [9.17, 15) is 0 Å². The molecule has 0 aromatic carbocycles. The highest BCUT2D eigenvalue weighted by atomic mass is 35.6. The Kier molecular flexibility index (Phi) is 9.37. The molecule has 0 N–H and O–H groups in total. The average molecular weight is 128 g/mol. The summed E-state index contributed by atoms with van der Waals surface area (Å²) < 4.78 is 0. The Balaban J connectivity index is 0. The van der Waals surface area contributed by atoms with Crippen LogP contribution in [0.25, 0.3) is 0 Å². The first-order valence-corrected chi connectivity index (χ1v) is 1.96. The molecule has 0 unspecified atom stereocenters. The summed E-state index contributed by atoms with van der Waals surface area (Å²) in [5.74, 6) is 0. The predicted octanol–water partition coefficient (Wildman–Crippen LogP) is 1.31. The van der Waals surface area contributed by atoms with Gasteiger partial charge in [0.15, 0.2) is 0 Å². The number of rotatable bonds is 0. The smallest absolute Gasteiger partial charge is 0.150 e. The Hall–Kier alpha value is 1.000. The summed E-state index contributed by atoms with van der Waals surface area (Å²) >= 11 is 14.4. The lowest BCUT2D eigenvalue weighted by molar-refractivity contribution is 4.07. The first-order valence-electron chi connectivity index (χ1n) is 0.655. The molecule has 0 aromatic heterocycles. The van der Waals surface area contributed by atoms with Gasteiger partial charge in [0.2, 0.25) is 0 Å². The molecule has 0 aliphatic carbocycles. The fourth-order valence-electron chi connectivity index (χ4n) is 0. The topological polar surface area (TPSA) is 0 Å². The zero-order chi connectivity index (χ0) is 3.58. The van der Waals surface area contributed by atoms with Crippen molar-refractivity contribution in [2.45, 2.75) is 0 Å². The van der Waals surface area contributed by atoms with E-state index in [1.807, 2.05) is 0 Å². The molecule has 0 aliphatic rings. The Morgan fingerprint density at radius 3 is 1.00 bits per heavy atom. The van der Waals surface area contributed by atoms with E-state index in [1.165, 1.54) is 0 Å². The van der Waals surface area contributed by atoms with Crippen LogP contribution < -0.4 is 0 Å². The van der Waals surface area contributed by atoms with Crippen molar-refractivity contribution in [3.8, 4) is 0 Å². The van der Waals surface area contributed by atoms with E-state index in [1.54, 1.807) is 0 Å². The van der Waals surface area contributed by atoms with Gasteiger partial charge < -0.3 is 0 Å². The Bertz CT molecular complexity index is 9.61. The summed E-state index contributed by atoms with van der Waals surface area (Å²) in [6.45, 7) is 0. The van der Waals surface area contributed by atoms with Crippen molar-refractivity contribution in [1.29, 1.82) is 0 Å². The minimum Gasteiger partial charge on any atom is -0.150 e. The van der Waals surface area contributed by atoms with E-state index in [0.29, 0.717) is 0 Å². The standard InChI is InChI=1S/BCl3.B/c2-1(3)4;. The van der Waals surface area contributed by atoms with Crippen LogP contribution in [0.15, 0.2) is 0 Å². The van der Waals surface area contributed by atoms with E-state index in [2.05, 4.69) is 0 Å². The lowest BCUT2D eigenvalue weighted by atomic mass is 10.7. The fraction of sp³-hybridized carbons (Fsp3) is 0. The minimum atomic E-state index is -0.750. The number of halogens is 3. The van der Waals surface area contributed by atoms with E-state index < -0.39 is 4.96 Å². The summed E-state index contributed by atoms with van der Waals surface area (Å²) in [5, 5.41) is 0. The van der Waals surface area contributed by atoms with Crippen LogP contribution in [0.3, 0.4) is 0 Å². The molecule has 0 rings (SSSR count). The number of hydrogen-bond donors (Lipinski definition) is 0. The van der Waals surface area contributed by atoms with Gasteiger partial charge in [0.05, 0.1) is 0 Å². The molecular formula is B2Cl3. The maximum absolute atomic E-state index is 4.81. The predicted molar refractivity (Wildman–Crippen MR) is 29.1 cm³/mol. The molecule has 5 heteroatoms. The second-order valence-electron chi connectivity index (χ2n) is 0.247. The molecule has 0 saturated carbocycles. The lowest BCUT2D eigenvalue weighted by Crippen LogP contribution is -1.66. The van der Waals surface area contributed by atoms with E-state index >= 15 is 0 Å². The molecule has 0 saturated heterocycles. The van der Waals surface area contributed by atoms with Crippen molar-refractivity contribution in [3.63, 3.8) is 0 Å². The van der Waals surface area contributed by atoms with Gasteiger partial charge in [-0.25, -0.2) is 0 Å². The van der Waals surface area contributed by atoms with Crippen molar-refractivity contribution in [3.05, 3.63) is 0 Å². The monoisotopic (exact) mass is 127 g/mol. The molecule has 0 aliphatic heterocycles. The Morgan fingerprint density at radius 1 is 1.00 bits per heavy atom. The molecule has 5 heavy (non-hydrogen) atoms. The van der Waals surface area contributed by atoms with E-state index in [0.717, 1.165) is 0 Å². The van der Waals surface area contributed by atoms with Crippen molar-refractivity contribution >= 4 is 47.8 Å². The summed E-state index contributed by atoms with van der Waals surface area (Å²) in [7, 11) is 0. The van der Waals surface area contributed by atoms with Gasteiger partial charge in [-0.2, -0.15) is 34.4 Å². The molecule has 0 aromatic rings. The maximum Gasteiger partial charge on any atom is 0.450 e. The maximum atomic E-state index is 4.81. The SMILES string of the molecule is ClB(Cl)Cl.[B]. The van der Waals surface area contributed by atoms with Crippen molar-refractivity contribution in [2.75, 3.05) is 0 Å². The average Bonchev–Trinajstić information content (AvgIpc) is 0.811. The second-order valence-corrected chi connectivity index (χ2v) is 2.23. The molecule has 0 fully saturated rings. The first-order chi connectivity index (χ1) is 1.73. The normalized spacial score (nSPS) is 5.40. The largest absolute Gasteiger partial charge is 0.450 e. The fourth-order valence-corrected chi connectivity index (χ4v) is 0. The van der Waals surface area contributed by atoms with Crippen molar-refractivity contribution in [2.24, 2.45) is 0 Å². The lowest BCUT2D eigenvalue weighted by Gasteiger charge is -1.61. The van der Waals surface area contributed by atoms with Gasteiger partial charge in [-0.1, -0.05) is 0 Å². The molecule has 0 heterocycles. The Labute approximate surface area is 48.2 Å². The van der Waals surface area contributed by atoms with Gasteiger partial charge in [0.25, 0.3) is 0 Å². The summed E-state index contributed by atoms with van der Waals surface area (Å²) in [4.78, 5) is -0.750. The third kappa shape index (κ3) is 45.0. The van der Waals surface area contributed by atoms with E-state index in [4.69, 9.17) is 34.4 Å². The van der Waals surface area contributed by atoms with Gasteiger partial charge in [-0.05, 0) is 0 Å². The van der Waals surface area contributed by atoms with Crippen molar-refractivity contribution in [1.82, 2.24) is 0 Å². The molecule has 0 atom stereocenters. The summed E-state index contributed by atoms with van der Waals surface area (Å²) in [6.07, 6.45) is 0. The molecule has 0 amide bonds. The summed E-state index contributed by atoms with van der Waals surface area (Å²) in [6, 6.07) is 0. The first kappa shape index (κ1) is 9.37. The zero-order valence-corrected chi connectivity index (χ0v) is 4.56.